The molecule has 4 heteroatoms. The average molecular weight is 271 g/mol. The summed E-state index contributed by atoms with van der Waals surface area (Å²) < 4.78 is 5.06. The molecule has 4 nitrogen and oxygen atoms in total. The van der Waals surface area contributed by atoms with Gasteiger partial charge in [0.2, 0.25) is 0 Å². The second kappa shape index (κ2) is 6.21. The number of aryl methyl sites for hydroxylation is 1. The summed E-state index contributed by atoms with van der Waals surface area (Å²) in [6, 6.07) is 12.2. The minimum absolute atomic E-state index is 0.154. The first kappa shape index (κ1) is 14.1. The number of ether oxygens (including phenoxy) is 1. The van der Waals surface area contributed by atoms with Crippen LogP contribution in [0.4, 0.5) is 5.69 Å². The average Bonchev–Trinajstić information content (AvgIpc) is 2.39. The minimum atomic E-state index is -0.197. The summed E-state index contributed by atoms with van der Waals surface area (Å²) in [5, 5.41) is 12.2. The molecule has 0 unspecified atom stereocenters. The number of phenolic OH excluding ortho intramolecular Hbond substituents is 1. The van der Waals surface area contributed by atoms with E-state index in [1.807, 2.05) is 24.3 Å². The Morgan fingerprint density at radius 1 is 1.25 bits per heavy atom. The molecule has 0 heterocycles. The van der Waals surface area contributed by atoms with Gasteiger partial charge in [-0.3, -0.25) is 4.79 Å². The second-order valence-corrected chi connectivity index (χ2v) is 4.59. The topological polar surface area (TPSA) is 58.6 Å². The van der Waals surface area contributed by atoms with Gasteiger partial charge in [-0.25, -0.2) is 0 Å². The van der Waals surface area contributed by atoms with Gasteiger partial charge in [0.1, 0.15) is 5.75 Å². The molecule has 0 radical (unpaired) electrons. The molecule has 0 atom stereocenters. The Balaban J connectivity index is 2.17. The van der Waals surface area contributed by atoms with Gasteiger partial charge >= 0.3 is 0 Å². The number of rotatable bonds is 4. The fourth-order valence-electron chi connectivity index (χ4n) is 2.01. The van der Waals surface area contributed by atoms with Crippen molar-refractivity contribution in [2.75, 3.05) is 12.4 Å². The molecule has 2 aromatic carbocycles. The number of carbonyl (C=O) groups excluding carboxylic acids is 1. The molecule has 104 valence electrons. The largest absolute Gasteiger partial charge is 0.508 e. The molecule has 0 saturated carbocycles. The highest BCUT2D eigenvalue weighted by Gasteiger charge is 2.10. The summed E-state index contributed by atoms with van der Waals surface area (Å²) in [6.07, 6.45) is 0. The van der Waals surface area contributed by atoms with Gasteiger partial charge in [0.05, 0.1) is 6.61 Å². The minimum Gasteiger partial charge on any atom is -0.508 e. The molecular formula is C16H17NO3. The molecule has 2 aromatic rings. The third-order valence-corrected chi connectivity index (χ3v) is 2.95. The highest BCUT2D eigenvalue weighted by Crippen LogP contribution is 2.18. The van der Waals surface area contributed by atoms with Crippen LogP contribution in [0, 0.1) is 6.92 Å². The SMILES string of the molecule is COCc1cccc(NC(=O)c2ccc(O)cc2C)c1. The molecule has 0 aliphatic rings. The quantitative estimate of drug-likeness (QED) is 0.898. The number of hydrogen-bond acceptors (Lipinski definition) is 3. The van der Waals surface area contributed by atoms with Crippen molar-refractivity contribution in [1.82, 2.24) is 0 Å². The predicted octanol–water partition coefficient (Wildman–Crippen LogP) is 3.10. The van der Waals surface area contributed by atoms with Gasteiger partial charge in [-0.15, -0.1) is 0 Å². The third-order valence-electron chi connectivity index (χ3n) is 2.95. The zero-order chi connectivity index (χ0) is 14.5. The van der Waals surface area contributed by atoms with Gasteiger partial charge in [-0.1, -0.05) is 12.1 Å². The number of aromatic hydroxyl groups is 1. The number of carbonyl (C=O) groups is 1. The summed E-state index contributed by atoms with van der Waals surface area (Å²) >= 11 is 0. The fourth-order valence-corrected chi connectivity index (χ4v) is 2.01. The van der Waals surface area contributed by atoms with Gasteiger partial charge in [0.25, 0.3) is 5.91 Å². The maximum Gasteiger partial charge on any atom is 0.255 e. The van der Waals surface area contributed by atoms with E-state index in [-0.39, 0.29) is 11.7 Å². The Morgan fingerprint density at radius 2 is 2.05 bits per heavy atom. The van der Waals surface area contributed by atoms with Crippen molar-refractivity contribution in [1.29, 1.82) is 0 Å². The molecule has 0 aliphatic heterocycles. The van der Waals surface area contributed by atoms with Crippen LogP contribution in [0.15, 0.2) is 42.5 Å². The molecule has 0 bridgehead atoms. The van der Waals surface area contributed by atoms with Crippen LogP contribution in [0.2, 0.25) is 0 Å². The van der Waals surface area contributed by atoms with E-state index >= 15 is 0 Å². The maximum atomic E-state index is 12.2. The van der Waals surface area contributed by atoms with Crippen LogP contribution in [-0.4, -0.2) is 18.1 Å². The van der Waals surface area contributed by atoms with E-state index in [1.54, 1.807) is 26.2 Å². The van der Waals surface area contributed by atoms with Crippen LogP contribution in [0.25, 0.3) is 0 Å². The van der Waals surface area contributed by atoms with Crippen molar-refractivity contribution >= 4 is 11.6 Å². The monoisotopic (exact) mass is 271 g/mol. The third kappa shape index (κ3) is 3.36. The smallest absolute Gasteiger partial charge is 0.255 e. The molecule has 0 aliphatic carbocycles. The molecular weight excluding hydrogens is 254 g/mol. The maximum absolute atomic E-state index is 12.2. The number of phenols is 1. The van der Waals surface area contributed by atoms with Gasteiger partial charge in [0.15, 0.2) is 0 Å². The lowest BCUT2D eigenvalue weighted by Crippen LogP contribution is -2.13. The first-order valence-electron chi connectivity index (χ1n) is 6.29. The second-order valence-electron chi connectivity index (χ2n) is 4.59. The van der Waals surface area contributed by atoms with Crippen molar-refractivity contribution in [3.63, 3.8) is 0 Å². The lowest BCUT2D eigenvalue weighted by molar-refractivity contribution is 0.102. The standard InChI is InChI=1S/C16H17NO3/c1-11-8-14(18)6-7-15(11)16(19)17-13-5-3-4-12(9-13)10-20-2/h3-9,18H,10H2,1-2H3,(H,17,19). The highest BCUT2D eigenvalue weighted by atomic mass is 16.5. The predicted molar refractivity (Wildman–Crippen MR) is 78.0 cm³/mol. The Bertz CT molecular complexity index is 623. The van der Waals surface area contributed by atoms with Crippen molar-refractivity contribution in [2.24, 2.45) is 0 Å². The zero-order valence-electron chi connectivity index (χ0n) is 11.5. The van der Waals surface area contributed by atoms with E-state index in [0.717, 1.165) is 16.8 Å². The van der Waals surface area contributed by atoms with E-state index in [0.29, 0.717) is 12.2 Å². The first-order chi connectivity index (χ1) is 9.60. The first-order valence-corrected chi connectivity index (χ1v) is 6.29. The lowest BCUT2D eigenvalue weighted by atomic mass is 10.1. The summed E-state index contributed by atoms with van der Waals surface area (Å²) in [7, 11) is 1.63. The van der Waals surface area contributed by atoms with Crippen molar-refractivity contribution in [3.05, 3.63) is 59.2 Å². The van der Waals surface area contributed by atoms with E-state index in [2.05, 4.69) is 5.32 Å². The van der Waals surface area contributed by atoms with Gasteiger partial charge < -0.3 is 15.2 Å². The van der Waals surface area contributed by atoms with E-state index in [9.17, 15) is 9.90 Å². The Labute approximate surface area is 118 Å². The van der Waals surface area contributed by atoms with Crippen LogP contribution in [0.5, 0.6) is 5.75 Å². The molecule has 20 heavy (non-hydrogen) atoms. The summed E-state index contributed by atoms with van der Waals surface area (Å²) in [6.45, 7) is 2.29. The molecule has 2 rings (SSSR count). The van der Waals surface area contributed by atoms with Crippen molar-refractivity contribution in [3.8, 4) is 5.75 Å². The number of anilines is 1. The molecule has 0 aromatic heterocycles. The van der Waals surface area contributed by atoms with Crippen LogP contribution in [0.1, 0.15) is 21.5 Å². The number of nitrogens with one attached hydrogen (secondary N) is 1. The van der Waals surface area contributed by atoms with Crippen molar-refractivity contribution in [2.45, 2.75) is 13.5 Å². The van der Waals surface area contributed by atoms with E-state index in [1.165, 1.54) is 6.07 Å². The van der Waals surface area contributed by atoms with E-state index in [4.69, 9.17) is 4.74 Å². The highest BCUT2D eigenvalue weighted by molar-refractivity contribution is 6.05. The zero-order valence-corrected chi connectivity index (χ0v) is 11.5. The van der Waals surface area contributed by atoms with Crippen molar-refractivity contribution < 1.29 is 14.6 Å². The van der Waals surface area contributed by atoms with Crippen LogP contribution >= 0.6 is 0 Å². The number of methoxy groups -OCH3 is 1. The number of benzene rings is 2. The Morgan fingerprint density at radius 3 is 2.75 bits per heavy atom. The molecule has 0 saturated heterocycles. The fraction of sp³-hybridized carbons (Fsp3) is 0.188. The van der Waals surface area contributed by atoms with Crippen LogP contribution in [0.3, 0.4) is 0 Å². The normalized spacial score (nSPS) is 10.3. The summed E-state index contributed by atoms with van der Waals surface area (Å²) in [5.41, 5.74) is 2.99. The summed E-state index contributed by atoms with van der Waals surface area (Å²) in [4.78, 5) is 12.2. The number of hydrogen-bond donors (Lipinski definition) is 2. The Kier molecular flexibility index (Phi) is 4.38. The van der Waals surface area contributed by atoms with E-state index < -0.39 is 0 Å². The molecule has 0 spiro atoms. The van der Waals surface area contributed by atoms with Gasteiger partial charge in [0, 0.05) is 18.4 Å². The molecule has 0 fully saturated rings. The van der Waals surface area contributed by atoms with Crippen LogP contribution < -0.4 is 5.32 Å². The lowest BCUT2D eigenvalue weighted by Gasteiger charge is -2.09. The van der Waals surface area contributed by atoms with Gasteiger partial charge in [-0.05, 0) is 48.4 Å². The molecule has 2 N–H and O–H groups in total. The molecule has 1 amide bonds. The van der Waals surface area contributed by atoms with Crippen LogP contribution in [-0.2, 0) is 11.3 Å². The number of amides is 1. The van der Waals surface area contributed by atoms with Gasteiger partial charge in [-0.2, -0.15) is 0 Å². The summed E-state index contributed by atoms with van der Waals surface area (Å²) in [5.74, 6) is -0.0433. The Hall–Kier alpha value is -2.33.